The second-order valence-electron chi connectivity index (χ2n) is 6.63. The number of anilines is 1. The van der Waals surface area contributed by atoms with Crippen LogP contribution in [0.15, 0.2) is 53.1 Å². The Kier molecular flexibility index (Phi) is 5.24. The maximum Gasteiger partial charge on any atom is 0.338 e. The van der Waals surface area contributed by atoms with Gasteiger partial charge in [-0.15, -0.1) is 0 Å². The fourth-order valence-corrected chi connectivity index (χ4v) is 2.78. The van der Waals surface area contributed by atoms with E-state index in [1.54, 1.807) is 43.5 Å². The lowest BCUT2D eigenvalue weighted by Gasteiger charge is -2.06. The average Bonchev–Trinajstić information content (AvgIpc) is 3.50. The van der Waals surface area contributed by atoms with E-state index in [4.69, 9.17) is 14.0 Å². The third kappa shape index (κ3) is 4.43. The third-order valence-corrected chi connectivity index (χ3v) is 4.46. The first-order valence-corrected chi connectivity index (χ1v) is 9.18. The molecule has 0 unspecified atom stereocenters. The van der Waals surface area contributed by atoms with E-state index in [-0.39, 0.29) is 24.3 Å². The van der Waals surface area contributed by atoms with Crippen molar-refractivity contribution in [2.24, 2.45) is 5.92 Å². The van der Waals surface area contributed by atoms with Crippen LogP contribution in [0, 0.1) is 5.92 Å². The summed E-state index contributed by atoms with van der Waals surface area (Å²) in [4.78, 5) is 28.4. The number of carbonyl (C=O) groups excluding carboxylic acids is 2. The highest BCUT2D eigenvalue weighted by Crippen LogP contribution is 2.30. The van der Waals surface area contributed by atoms with Crippen LogP contribution >= 0.6 is 0 Å². The van der Waals surface area contributed by atoms with Gasteiger partial charge in [-0.25, -0.2) is 4.79 Å². The lowest BCUT2D eigenvalue weighted by Crippen LogP contribution is -2.14. The van der Waals surface area contributed by atoms with Gasteiger partial charge in [-0.05, 0) is 43.2 Å². The number of hydrogen-bond donors (Lipinski definition) is 1. The predicted octanol–water partition coefficient (Wildman–Crippen LogP) is 3.45. The summed E-state index contributed by atoms with van der Waals surface area (Å²) in [7, 11) is 1.56. The van der Waals surface area contributed by atoms with Gasteiger partial charge in [0, 0.05) is 11.6 Å². The molecule has 148 valence electrons. The van der Waals surface area contributed by atoms with Crippen molar-refractivity contribution in [1.82, 2.24) is 10.1 Å². The van der Waals surface area contributed by atoms with Crippen LogP contribution in [0.2, 0.25) is 0 Å². The number of hydrogen-bond acceptors (Lipinski definition) is 7. The summed E-state index contributed by atoms with van der Waals surface area (Å²) < 4.78 is 15.7. The molecule has 0 spiro atoms. The molecule has 0 bridgehead atoms. The zero-order valence-electron chi connectivity index (χ0n) is 15.8. The number of ether oxygens (including phenoxy) is 2. The predicted molar refractivity (Wildman–Crippen MR) is 103 cm³/mol. The van der Waals surface area contributed by atoms with E-state index in [0.29, 0.717) is 28.4 Å². The molecule has 0 saturated heterocycles. The lowest BCUT2D eigenvalue weighted by molar-refractivity contribution is -0.117. The van der Waals surface area contributed by atoms with Crippen molar-refractivity contribution in [2.75, 3.05) is 12.4 Å². The van der Waals surface area contributed by atoms with Gasteiger partial charge in [0.2, 0.25) is 11.7 Å². The number of amides is 1. The Bertz CT molecular complexity index is 1040. The number of rotatable bonds is 7. The van der Waals surface area contributed by atoms with Crippen molar-refractivity contribution in [3.8, 4) is 17.1 Å². The van der Waals surface area contributed by atoms with Crippen LogP contribution in [0.25, 0.3) is 11.4 Å². The largest absolute Gasteiger partial charge is 0.496 e. The summed E-state index contributed by atoms with van der Waals surface area (Å²) in [5, 5.41) is 6.72. The average molecular weight is 393 g/mol. The van der Waals surface area contributed by atoms with Crippen molar-refractivity contribution in [2.45, 2.75) is 19.4 Å². The molecule has 3 aromatic rings. The van der Waals surface area contributed by atoms with Crippen molar-refractivity contribution >= 4 is 17.6 Å². The zero-order valence-corrected chi connectivity index (χ0v) is 15.8. The molecule has 0 atom stereocenters. The van der Waals surface area contributed by atoms with Crippen LogP contribution in [0.5, 0.6) is 5.75 Å². The summed E-state index contributed by atoms with van der Waals surface area (Å²) in [5.74, 6) is 0.632. The van der Waals surface area contributed by atoms with Crippen LogP contribution in [0.3, 0.4) is 0 Å². The fraction of sp³-hybridized carbons (Fsp3) is 0.238. The normalized spacial score (nSPS) is 13.0. The Hall–Kier alpha value is -3.68. The Morgan fingerprint density at radius 3 is 2.79 bits per heavy atom. The van der Waals surface area contributed by atoms with Gasteiger partial charge in [-0.3, -0.25) is 4.79 Å². The summed E-state index contributed by atoms with van der Waals surface area (Å²) in [6.45, 7) is -0.167. The van der Waals surface area contributed by atoms with Gasteiger partial charge in [-0.1, -0.05) is 23.4 Å². The lowest BCUT2D eigenvalue weighted by atomic mass is 10.2. The third-order valence-electron chi connectivity index (χ3n) is 4.46. The highest BCUT2D eigenvalue weighted by molar-refractivity contribution is 5.96. The first kappa shape index (κ1) is 18.7. The van der Waals surface area contributed by atoms with Gasteiger partial charge in [0.05, 0.1) is 18.2 Å². The van der Waals surface area contributed by atoms with Gasteiger partial charge in [0.25, 0.3) is 5.89 Å². The number of methoxy groups -OCH3 is 1. The number of esters is 1. The molecule has 1 heterocycles. The molecular weight excluding hydrogens is 374 g/mol. The highest BCUT2D eigenvalue weighted by atomic mass is 16.6. The minimum Gasteiger partial charge on any atom is -0.496 e. The van der Waals surface area contributed by atoms with Gasteiger partial charge >= 0.3 is 5.97 Å². The number of nitrogens with zero attached hydrogens (tertiary/aromatic N) is 2. The molecule has 1 fully saturated rings. The Labute approximate surface area is 166 Å². The molecule has 1 N–H and O–H groups in total. The topological polar surface area (TPSA) is 104 Å². The smallest absolute Gasteiger partial charge is 0.338 e. The SMILES string of the molecule is COc1ccccc1-c1noc(COC(=O)c2cccc(NC(=O)C3CC3)c2)n1. The van der Waals surface area contributed by atoms with E-state index in [1.165, 1.54) is 0 Å². The molecule has 1 aliphatic rings. The van der Waals surface area contributed by atoms with E-state index < -0.39 is 5.97 Å². The number of para-hydroxylation sites is 1. The van der Waals surface area contributed by atoms with E-state index in [0.717, 1.165) is 12.8 Å². The number of aromatic nitrogens is 2. The molecule has 1 saturated carbocycles. The molecule has 4 rings (SSSR count). The molecule has 2 aromatic carbocycles. The van der Waals surface area contributed by atoms with E-state index in [2.05, 4.69) is 15.5 Å². The van der Waals surface area contributed by atoms with Gasteiger partial charge in [0.15, 0.2) is 6.61 Å². The maximum atomic E-state index is 12.3. The Balaban J connectivity index is 1.39. The molecule has 8 nitrogen and oxygen atoms in total. The summed E-state index contributed by atoms with van der Waals surface area (Å²) >= 11 is 0. The van der Waals surface area contributed by atoms with Crippen molar-refractivity contribution in [3.05, 3.63) is 60.0 Å². The van der Waals surface area contributed by atoms with Crippen LogP contribution in [-0.4, -0.2) is 29.1 Å². The second kappa shape index (κ2) is 8.14. The molecule has 0 aliphatic heterocycles. The monoisotopic (exact) mass is 393 g/mol. The quantitative estimate of drug-likeness (QED) is 0.613. The Morgan fingerprint density at radius 2 is 2.00 bits per heavy atom. The van der Waals surface area contributed by atoms with E-state index >= 15 is 0 Å². The van der Waals surface area contributed by atoms with Gasteiger partial charge in [0.1, 0.15) is 5.75 Å². The standard InChI is InChI=1S/C21H19N3O5/c1-27-17-8-3-2-7-16(17)19-23-18(29-24-19)12-28-21(26)14-5-4-6-15(11-14)22-20(25)13-9-10-13/h2-8,11,13H,9-10,12H2,1H3,(H,22,25). The zero-order chi connectivity index (χ0) is 20.2. The summed E-state index contributed by atoms with van der Waals surface area (Å²) in [5.41, 5.74) is 1.56. The van der Waals surface area contributed by atoms with Crippen LogP contribution in [0.1, 0.15) is 29.1 Å². The molecule has 8 heteroatoms. The van der Waals surface area contributed by atoms with Crippen molar-refractivity contribution < 1.29 is 23.6 Å². The van der Waals surface area contributed by atoms with Gasteiger partial charge < -0.3 is 19.3 Å². The number of carbonyl (C=O) groups is 2. The van der Waals surface area contributed by atoms with E-state index in [9.17, 15) is 9.59 Å². The van der Waals surface area contributed by atoms with Crippen LogP contribution < -0.4 is 10.1 Å². The van der Waals surface area contributed by atoms with Crippen molar-refractivity contribution in [1.29, 1.82) is 0 Å². The van der Waals surface area contributed by atoms with Crippen LogP contribution in [-0.2, 0) is 16.1 Å². The van der Waals surface area contributed by atoms with Gasteiger partial charge in [-0.2, -0.15) is 4.98 Å². The van der Waals surface area contributed by atoms with E-state index in [1.807, 2.05) is 12.1 Å². The van der Waals surface area contributed by atoms with Crippen molar-refractivity contribution in [3.63, 3.8) is 0 Å². The number of nitrogens with one attached hydrogen (secondary N) is 1. The number of benzene rings is 2. The Morgan fingerprint density at radius 1 is 1.17 bits per heavy atom. The maximum absolute atomic E-state index is 12.3. The second-order valence-corrected chi connectivity index (χ2v) is 6.63. The molecule has 1 amide bonds. The molecule has 0 radical (unpaired) electrons. The first-order valence-electron chi connectivity index (χ1n) is 9.18. The fourth-order valence-electron chi connectivity index (χ4n) is 2.78. The van der Waals surface area contributed by atoms with Crippen LogP contribution in [0.4, 0.5) is 5.69 Å². The molecule has 1 aromatic heterocycles. The first-order chi connectivity index (χ1) is 14.1. The molecule has 29 heavy (non-hydrogen) atoms. The highest BCUT2D eigenvalue weighted by Gasteiger charge is 2.29. The molecule has 1 aliphatic carbocycles. The minimum atomic E-state index is -0.551. The minimum absolute atomic E-state index is 0.0229. The summed E-state index contributed by atoms with van der Waals surface area (Å²) in [6, 6.07) is 13.9. The summed E-state index contributed by atoms with van der Waals surface area (Å²) in [6.07, 6.45) is 1.82. The molecular formula is C21H19N3O5.